The molecule has 4 N–H and O–H groups in total. The summed E-state index contributed by atoms with van der Waals surface area (Å²) in [4.78, 5) is 47.5. The van der Waals surface area contributed by atoms with Crippen LogP contribution in [0.1, 0.15) is 31.8 Å². The Morgan fingerprint density at radius 1 is 0.630 bits per heavy atom. The molecule has 6 rings (SSSR count). The highest BCUT2D eigenvalue weighted by molar-refractivity contribution is 6.35. The molecule has 0 saturated carbocycles. The van der Waals surface area contributed by atoms with E-state index < -0.39 is 0 Å². The van der Waals surface area contributed by atoms with E-state index in [-0.39, 0.29) is 11.8 Å². The average Bonchev–Trinajstić information content (AvgIpc) is 3.06. The zero-order valence-corrected chi connectivity index (χ0v) is 26.9. The number of benzene rings is 4. The number of nitrogens with one attached hydrogen (secondary N) is 2. The Bertz CT molecular complexity index is 1990. The van der Waals surface area contributed by atoms with E-state index >= 15 is 0 Å². The van der Waals surface area contributed by atoms with E-state index in [1.165, 1.54) is 0 Å². The Morgan fingerprint density at radius 3 is 1.52 bits per heavy atom. The molecule has 10 nitrogen and oxygen atoms in total. The minimum atomic E-state index is -0.249. The number of carbonyl (C=O) groups excluding carboxylic acids is 2. The number of hydrogen-bond donors (Lipinski definition) is 3. The second-order valence-electron chi connectivity index (χ2n) is 11.1. The van der Waals surface area contributed by atoms with Gasteiger partial charge < -0.3 is 16.4 Å². The van der Waals surface area contributed by atoms with Crippen LogP contribution in [0, 0.1) is 13.8 Å². The fourth-order valence-corrected chi connectivity index (χ4v) is 5.87. The van der Waals surface area contributed by atoms with Crippen LogP contribution in [0.15, 0.2) is 60.7 Å². The molecule has 234 valence electrons. The van der Waals surface area contributed by atoms with E-state index in [4.69, 9.17) is 38.9 Å². The molecule has 4 aromatic carbocycles. The molecule has 0 saturated heterocycles. The van der Waals surface area contributed by atoms with Gasteiger partial charge in [0.1, 0.15) is 22.1 Å². The highest BCUT2D eigenvalue weighted by atomic mass is 35.5. The second kappa shape index (κ2) is 13.5. The lowest BCUT2D eigenvalue weighted by atomic mass is 10.1. The number of fused-ring (bicyclic) bond motifs is 4. The quantitative estimate of drug-likeness (QED) is 0.171. The maximum absolute atomic E-state index is 13.3. The number of amides is 2. The maximum Gasteiger partial charge on any atom is 0.253 e. The molecule has 0 unspecified atom stereocenters. The van der Waals surface area contributed by atoms with Crippen molar-refractivity contribution in [2.24, 2.45) is 5.73 Å². The number of halogens is 2. The van der Waals surface area contributed by atoms with Gasteiger partial charge in [0.2, 0.25) is 0 Å². The van der Waals surface area contributed by atoms with Crippen molar-refractivity contribution in [2.45, 2.75) is 13.8 Å². The molecule has 0 spiro atoms. The number of nitrogens with zero attached hydrogens (tertiary/aromatic N) is 5. The molecule has 46 heavy (non-hydrogen) atoms. The molecule has 0 bridgehead atoms. The summed E-state index contributed by atoms with van der Waals surface area (Å²) in [5.41, 5.74) is 13.4. The van der Waals surface area contributed by atoms with Crippen LogP contribution in [-0.2, 0) is 0 Å². The van der Waals surface area contributed by atoms with E-state index in [1.807, 2.05) is 38.1 Å². The van der Waals surface area contributed by atoms with Crippen LogP contribution in [0.25, 0.3) is 44.1 Å². The predicted molar refractivity (Wildman–Crippen MR) is 184 cm³/mol. The van der Waals surface area contributed by atoms with Crippen molar-refractivity contribution in [3.63, 3.8) is 0 Å². The Morgan fingerprint density at radius 2 is 1.09 bits per heavy atom. The summed E-state index contributed by atoms with van der Waals surface area (Å²) in [6, 6.07) is 18.0. The predicted octanol–water partition coefficient (Wildman–Crippen LogP) is 5.22. The van der Waals surface area contributed by atoms with Crippen LogP contribution in [0.5, 0.6) is 0 Å². The van der Waals surface area contributed by atoms with Gasteiger partial charge in [-0.25, -0.2) is 19.9 Å². The third kappa shape index (κ3) is 6.29. The molecule has 0 aliphatic heterocycles. The zero-order chi connectivity index (χ0) is 32.4. The fourth-order valence-electron chi connectivity index (χ4n) is 5.48. The number of hydrogen-bond acceptors (Lipinski definition) is 8. The van der Waals surface area contributed by atoms with Crippen molar-refractivity contribution in [3.05, 3.63) is 93.0 Å². The van der Waals surface area contributed by atoms with E-state index in [0.29, 0.717) is 105 Å². The normalized spacial score (nSPS) is 11.6. The average molecular weight is 656 g/mol. The number of para-hydroxylation sites is 2. The Kier molecular flexibility index (Phi) is 9.23. The van der Waals surface area contributed by atoms with Crippen LogP contribution in [0.3, 0.4) is 0 Å². The SMILES string of the molecule is Cc1ccc(Cl)c2nc3cccc(C(=O)NCCN(CCN)CCNC(=O)c4cccc5nc6c(Cl)ccc(C)c6nc45)c3nc12. The van der Waals surface area contributed by atoms with Crippen molar-refractivity contribution >= 4 is 79.1 Å². The molecular weight excluding hydrogens is 623 g/mol. The van der Waals surface area contributed by atoms with Crippen LogP contribution in [0.4, 0.5) is 0 Å². The molecule has 6 aromatic rings. The first-order valence-electron chi connectivity index (χ1n) is 14.9. The number of nitrogens with two attached hydrogens (primary N) is 1. The van der Waals surface area contributed by atoms with Gasteiger partial charge in [-0.3, -0.25) is 14.5 Å². The minimum Gasteiger partial charge on any atom is -0.351 e. The first-order valence-corrected chi connectivity index (χ1v) is 15.7. The molecular formula is C34H32Cl2N8O2. The van der Waals surface area contributed by atoms with Gasteiger partial charge in [0.15, 0.2) is 0 Å². The molecule has 0 radical (unpaired) electrons. The lowest BCUT2D eigenvalue weighted by Gasteiger charge is -2.22. The second-order valence-corrected chi connectivity index (χ2v) is 11.9. The molecule has 0 aliphatic carbocycles. The number of rotatable bonds is 10. The van der Waals surface area contributed by atoms with Gasteiger partial charge in [-0.2, -0.15) is 0 Å². The van der Waals surface area contributed by atoms with Crippen molar-refractivity contribution in [1.82, 2.24) is 35.5 Å². The largest absolute Gasteiger partial charge is 0.351 e. The minimum absolute atomic E-state index is 0.249. The Labute approximate surface area is 275 Å². The van der Waals surface area contributed by atoms with E-state index in [1.54, 1.807) is 36.4 Å². The van der Waals surface area contributed by atoms with Crippen LogP contribution >= 0.6 is 23.2 Å². The van der Waals surface area contributed by atoms with Crippen molar-refractivity contribution in [3.8, 4) is 0 Å². The molecule has 2 aromatic heterocycles. The molecule has 2 amide bonds. The summed E-state index contributed by atoms with van der Waals surface area (Å²) in [6.07, 6.45) is 0. The van der Waals surface area contributed by atoms with Crippen LogP contribution in [0.2, 0.25) is 10.0 Å². The smallest absolute Gasteiger partial charge is 0.253 e. The molecule has 0 atom stereocenters. The zero-order valence-electron chi connectivity index (χ0n) is 25.4. The summed E-state index contributed by atoms with van der Waals surface area (Å²) in [5.74, 6) is -0.498. The van der Waals surface area contributed by atoms with Crippen LogP contribution < -0.4 is 16.4 Å². The van der Waals surface area contributed by atoms with Crippen molar-refractivity contribution in [2.75, 3.05) is 39.3 Å². The summed E-state index contributed by atoms with van der Waals surface area (Å²) < 4.78 is 0. The van der Waals surface area contributed by atoms with Gasteiger partial charge in [-0.1, -0.05) is 47.5 Å². The lowest BCUT2D eigenvalue weighted by Crippen LogP contribution is -2.41. The monoisotopic (exact) mass is 654 g/mol. The molecule has 12 heteroatoms. The maximum atomic E-state index is 13.3. The fraction of sp³-hybridized carbons (Fsp3) is 0.235. The van der Waals surface area contributed by atoms with Gasteiger partial charge in [0.05, 0.1) is 43.2 Å². The first-order chi connectivity index (χ1) is 22.2. The first kappa shape index (κ1) is 31.5. The third-order valence-corrected chi connectivity index (χ3v) is 8.52. The topological polar surface area (TPSA) is 139 Å². The molecule has 0 aliphatic rings. The number of aromatic nitrogens is 4. The Balaban J connectivity index is 1.09. The van der Waals surface area contributed by atoms with Gasteiger partial charge in [-0.05, 0) is 61.4 Å². The number of aryl methyl sites for hydroxylation is 2. The molecule has 2 heterocycles. The highest BCUT2D eigenvalue weighted by Gasteiger charge is 2.17. The van der Waals surface area contributed by atoms with Gasteiger partial charge in [0, 0.05) is 39.3 Å². The van der Waals surface area contributed by atoms with Gasteiger partial charge >= 0.3 is 0 Å². The summed E-state index contributed by atoms with van der Waals surface area (Å²) >= 11 is 12.7. The van der Waals surface area contributed by atoms with Gasteiger partial charge in [0.25, 0.3) is 11.8 Å². The van der Waals surface area contributed by atoms with Crippen molar-refractivity contribution in [1.29, 1.82) is 0 Å². The molecule has 0 fully saturated rings. The summed E-state index contributed by atoms with van der Waals surface area (Å²) in [7, 11) is 0. The summed E-state index contributed by atoms with van der Waals surface area (Å²) in [5, 5.41) is 7.02. The van der Waals surface area contributed by atoms with Crippen molar-refractivity contribution < 1.29 is 9.59 Å². The van der Waals surface area contributed by atoms with E-state index in [0.717, 1.165) is 11.1 Å². The number of carbonyl (C=O) groups is 2. The van der Waals surface area contributed by atoms with Gasteiger partial charge in [-0.15, -0.1) is 0 Å². The Hall–Kier alpha value is -4.48. The summed E-state index contributed by atoms with van der Waals surface area (Å²) in [6.45, 7) is 6.74. The third-order valence-electron chi connectivity index (χ3n) is 7.91. The van der Waals surface area contributed by atoms with E-state index in [9.17, 15) is 9.59 Å². The highest BCUT2D eigenvalue weighted by Crippen LogP contribution is 2.28. The lowest BCUT2D eigenvalue weighted by molar-refractivity contribution is 0.0950. The van der Waals surface area contributed by atoms with Crippen LogP contribution in [-0.4, -0.2) is 75.9 Å². The van der Waals surface area contributed by atoms with E-state index in [2.05, 4.69) is 25.5 Å². The standard InChI is InChI=1S/C34H32Cl2N8O2/c1-19-9-11-23(35)31-27(19)42-29-21(5-3-7-25(29)40-31)33(45)38-14-17-44(16-13-37)18-15-39-34(46)22-6-4-8-26-30(22)43-28-20(2)10-12-24(36)32(28)41-26/h3-12H,13-18,37H2,1-2H3,(H,38,45)(H,39,46).